The number of sulfone groups is 1. The first-order chi connectivity index (χ1) is 13.8. The zero-order valence-corrected chi connectivity index (χ0v) is 18.3. The Morgan fingerprint density at radius 2 is 2.07 bits per heavy atom. The van der Waals surface area contributed by atoms with E-state index >= 15 is 0 Å². The van der Waals surface area contributed by atoms with E-state index in [1.807, 2.05) is 44.2 Å². The lowest BCUT2D eigenvalue weighted by atomic mass is 10.2. The highest BCUT2D eigenvalue weighted by Crippen LogP contribution is 2.23. The smallest absolute Gasteiger partial charge is 0.246 e. The topological polar surface area (TPSA) is 72.3 Å². The van der Waals surface area contributed by atoms with Crippen LogP contribution < -0.4 is 0 Å². The van der Waals surface area contributed by atoms with Crippen LogP contribution in [-0.4, -0.2) is 53.1 Å². The molecule has 0 radical (unpaired) electrons. The number of halogens is 1. The SMILES string of the molecule is CCCN(C(=O)/C=C/c1c(C)nn(Cc2ccccc2)c1Cl)C1CCS(=O)(=O)C1. The Bertz CT molecular complexity index is 1000. The summed E-state index contributed by atoms with van der Waals surface area (Å²) < 4.78 is 25.3. The lowest BCUT2D eigenvalue weighted by molar-refractivity contribution is -0.127. The Balaban J connectivity index is 1.76. The number of aryl methyl sites for hydroxylation is 1. The fourth-order valence-corrected chi connectivity index (χ4v) is 5.63. The van der Waals surface area contributed by atoms with Gasteiger partial charge in [0, 0.05) is 24.2 Å². The molecule has 1 aliphatic rings. The number of benzene rings is 1. The van der Waals surface area contributed by atoms with E-state index in [9.17, 15) is 13.2 Å². The van der Waals surface area contributed by atoms with E-state index in [-0.39, 0.29) is 23.5 Å². The standard InChI is InChI=1S/C21H26ClN3O3S/c1-3-12-24(18-11-13-29(27,28)15-18)20(26)10-9-19-16(2)23-25(21(19)22)14-17-7-5-4-6-8-17/h4-10,18H,3,11-15H2,1-2H3/b10-9+. The van der Waals surface area contributed by atoms with Gasteiger partial charge in [0.2, 0.25) is 5.91 Å². The molecule has 1 unspecified atom stereocenters. The molecule has 0 spiro atoms. The van der Waals surface area contributed by atoms with Crippen LogP contribution in [0.25, 0.3) is 6.08 Å². The molecule has 6 nitrogen and oxygen atoms in total. The van der Waals surface area contributed by atoms with Crippen molar-refractivity contribution in [1.29, 1.82) is 0 Å². The van der Waals surface area contributed by atoms with Gasteiger partial charge in [0.15, 0.2) is 9.84 Å². The molecule has 2 heterocycles. The van der Waals surface area contributed by atoms with Crippen LogP contribution in [0.4, 0.5) is 0 Å². The fourth-order valence-electron chi connectivity index (χ4n) is 3.60. The lowest BCUT2D eigenvalue weighted by Crippen LogP contribution is -2.40. The number of rotatable bonds is 7. The third-order valence-corrected chi connectivity index (χ3v) is 7.22. The second-order valence-corrected chi connectivity index (χ2v) is 9.94. The maximum atomic E-state index is 12.8. The molecule has 1 atom stereocenters. The summed E-state index contributed by atoms with van der Waals surface area (Å²) in [6.45, 7) is 4.90. The molecule has 1 amide bonds. The number of carbonyl (C=O) groups excluding carboxylic acids is 1. The minimum absolute atomic E-state index is 0.0430. The first-order valence-corrected chi connectivity index (χ1v) is 12.0. The van der Waals surface area contributed by atoms with Gasteiger partial charge in [-0.15, -0.1) is 0 Å². The number of hydrogen-bond acceptors (Lipinski definition) is 4. The molecular formula is C21H26ClN3O3S. The van der Waals surface area contributed by atoms with Gasteiger partial charge in [-0.25, -0.2) is 13.1 Å². The second kappa shape index (κ2) is 9.13. The van der Waals surface area contributed by atoms with Crippen molar-refractivity contribution in [2.24, 2.45) is 0 Å². The molecule has 0 bridgehead atoms. The average molecular weight is 436 g/mol. The van der Waals surface area contributed by atoms with E-state index in [4.69, 9.17) is 11.6 Å². The van der Waals surface area contributed by atoms with Gasteiger partial charge in [-0.3, -0.25) is 4.79 Å². The minimum atomic E-state index is -3.05. The van der Waals surface area contributed by atoms with Gasteiger partial charge in [0.05, 0.1) is 23.7 Å². The Morgan fingerprint density at radius 1 is 1.34 bits per heavy atom. The Morgan fingerprint density at radius 3 is 2.69 bits per heavy atom. The number of hydrogen-bond donors (Lipinski definition) is 0. The largest absolute Gasteiger partial charge is 0.335 e. The van der Waals surface area contributed by atoms with Crippen LogP contribution in [0.1, 0.15) is 36.6 Å². The number of aromatic nitrogens is 2. The molecule has 0 aliphatic carbocycles. The molecule has 8 heteroatoms. The van der Waals surface area contributed by atoms with E-state index in [1.165, 1.54) is 6.08 Å². The predicted octanol–water partition coefficient (Wildman–Crippen LogP) is 3.33. The molecule has 29 heavy (non-hydrogen) atoms. The van der Waals surface area contributed by atoms with E-state index < -0.39 is 9.84 Å². The van der Waals surface area contributed by atoms with Crippen molar-refractivity contribution in [3.05, 3.63) is 58.4 Å². The fraction of sp³-hybridized carbons (Fsp3) is 0.429. The highest BCUT2D eigenvalue weighted by atomic mass is 35.5. The highest BCUT2D eigenvalue weighted by molar-refractivity contribution is 7.91. The van der Waals surface area contributed by atoms with E-state index in [0.29, 0.717) is 30.2 Å². The van der Waals surface area contributed by atoms with Gasteiger partial charge in [-0.05, 0) is 31.4 Å². The van der Waals surface area contributed by atoms with E-state index in [0.717, 1.165) is 17.7 Å². The highest BCUT2D eigenvalue weighted by Gasteiger charge is 2.33. The molecule has 3 rings (SSSR count). The summed E-state index contributed by atoms with van der Waals surface area (Å²) in [6.07, 6.45) is 4.42. The van der Waals surface area contributed by atoms with Crippen molar-refractivity contribution in [3.63, 3.8) is 0 Å². The van der Waals surface area contributed by atoms with Gasteiger partial charge in [-0.1, -0.05) is 48.9 Å². The van der Waals surface area contributed by atoms with Gasteiger partial charge in [-0.2, -0.15) is 5.10 Å². The van der Waals surface area contributed by atoms with Crippen molar-refractivity contribution in [2.45, 2.75) is 39.3 Å². The van der Waals surface area contributed by atoms with Crippen molar-refractivity contribution in [3.8, 4) is 0 Å². The van der Waals surface area contributed by atoms with Crippen LogP contribution in [0.5, 0.6) is 0 Å². The number of nitrogens with zero attached hydrogens (tertiary/aromatic N) is 3. The minimum Gasteiger partial charge on any atom is -0.335 e. The second-order valence-electron chi connectivity index (χ2n) is 7.35. The summed E-state index contributed by atoms with van der Waals surface area (Å²) in [6, 6.07) is 9.64. The summed E-state index contributed by atoms with van der Waals surface area (Å²) in [5, 5.41) is 4.96. The van der Waals surface area contributed by atoms with Crippen LogP contribution in [0.2, 0.25) is 5.15 Å². The summed E-state index contributed by atoms with van der Waals surface area (Å²) in [7, 11) is -3.05. The zero-order chi connectivity index (χ0) is 21.0. The van der Waals surface area contributed by atoms with Gasteiger partial charge >= 0.3 is 0 Å². The Labute approximate surface area is 177 Å². The third kappa shape index (κ3) is 5.28. The number of carbonyl (C=O) groups is 1. The molecular weight excluding hydrogens is 410 g/mol. The average Bonchev–Trinajstić information content (AvgIpc) is 3.17. The van der Waals surface area contributed by atoms with Crippen LogP contribution in [0, 0.1) is 6.92 Å². The zero-order valence-electron chi connectivity index (χ0n) is 16.7. The molecule has 1 fully saturated rings. The van der Waals surface area contributed by atoms with E-state index in [1.54, 1.807) is 15.7 Å². The van der Waals surface area contributed by atoms with Crippen molar-refractivity contribution in [2.75, 3.05) is 18.1 Å². The van der Waals surface area contributed by atoms with E-state index in [2.05, 4.69) is 5.10 Å². The molecule has 1 aliphatic heterocycles. The van der Waals surface area contributed by atoms with Crippen molar-refractivity contribution < 1.29 is 13.2 Å². The normalized spacial score (nSPS) is 18.4. The maximum Gasteiger partial charge on any atom is 0.246 e. The van der Waals surface area contributed by atoms with Gasteiger partial charge in [0.25, 0.3) is 0 Å². The Kier molecular flexibility index (Phi) is 6.80. The molecule has 2 aromatic rings. The number of amides is 1. The van der Waals surface area contributed by atoms with Gasteiger partial charge in [0.1, 0.15) is 5.15 Å². The summed E-state index contributed by atoms with van der Waals surface area (Å²) >= 11 is 6.51. The van der Waals surface area contributed by atoms with Crippen molar-refractivity contribution >= 4 is 33.4 Å². The first kappa shape index (κ1) is 21.6. The predicted molar refractivity (Wildman–Crippen MR) is 116 cm³/mol. The molecule has 0 N–H and O–H groups in total. The summed E-state index contributed by atoms with van der Waals surface area (Å²) in [4.78, 5) is 14.5. The van der Waals surface area contributed by atoms with Crippen LogP contribution in [-0.2, 0) is 21.2 Å². The first-order valence-electron chi connectivity index (χ1n) is 9.76. The van der Waals surface area contributed by atoms with Crippen LogP contribution in [0.3, 0.4) is 0 Å². The van der Waals surface area contributed by atoms with Crippen LogP contribution in [0.15, 0.2) is 36.4 Å². The molecule has 156 valence electrons. The molecule has 1 aromatic heterocycles. The molecule has 1 saturated heterocycles. The lowest BCUT2D eigenvalue weighted by Gasteiger charge is -2.26. The summed E-state index contributed by atoms with van der Waals surface area (Å²) in [5.74, 6) is -0.00630. The van der Waals surface area contributed by atoms with Gasteiger partial charge < -0.3 is 4.90 Å². The third-order valence-electron chi connectivity index (χ3n) is 5.07. The summed E-state index contributed by atoms with van der Waals surface area (Å²) in [5.41, 5.74) is 2.52. The monoisotopic (exact) mass is 435 g/mol. The maximum absolute atomic E-state index is 12.8. The van der Waals surface area contributed by atoms with Crippen molar-refractivity contribution in [1.82, 2.24) is 14.7 Å². The van der Waals surface area contributed by atoms with Crippen LogP contribution >= 0.6 is 11.6 Å². The molecule has 1 aromatic carbocycles. The quantitative estimate of drug-likeness (QED) is 0.625. The Hall–Kier alpha value is -2.12. The molecule has 0 saturated carbocycles.